The van der Waals surface area contributed by atoms with Gasteiger partial charge in [-0.1, -0.05) is 82.2 Å². The molecule has 0 aromatic carbocycles. The first-order valence-corrected chi connectivity index (χ1v) is 16.1. The van der Waals surface area contributed by atoms with Crippen molar-refractivity contribution in [3.63, 3.8) is 0 Å². The predicted molar refractivity (Wildman–Crippen MR) is 162 cm³/mol. The molecule has 0 aromatic rings. The Hall–Kier alpha value is -0.330. The summed E-state index contributed by atoms with van der Waals surface area (Å²) in [5.41, 5.74) is 0. The van der Waals surface area contributed by atoms with Crippen LogP contribution in [-0.2, 0) is 28.5 Å². The lowest BCUT2D eigenvalue weighted by Gasteiger charge is -2.31. The van der Waals surface area contributed by atoms with E-state index in [9.17, 15) is 4.79 Å². The molecule has 2 N–H and O–H groups in total. The summed E-state index contributed by atoms with van der Waals surface area (Å²) < 4.78 is 28.9. The van der Waals surface area contributed by atoms with E-state index in [1.54, 1.807) is 10.8 Å². The Bertz CT molecular complexity index is 602. The van der Waals surface area contributed by atoms with Crippen LogP contribution in [0.2, 0.25) is 0 Å². The van der Waals surface area contributed by atoms with Crippen LogP contribution in [0.15, 0.2) is 12.2 Å². The number of carbonyl (C=O) groups is 1. The number of ether oxygens (including phenoxy) is 5. The number of nitrogens with one attached hydrogen (secondary N) is 2. The number of hydrogen-bond donors (Lipinski definition) is 2. The summed E-state index contributed by atoms with van der Waals surface area (Å²) in [5, 5.41) is 6.18. The third kappa shape index (κ3) is 27.2. The van der Waals surface area contributed by atoms with E-state index in [1.807, 2.05) is 16.9 Å². The summed E-state index contributed by atoms with van der Waals surface area (Å²) in [5.74, 6) is 0.482. The van der Waals surface area contributed by atoms with Gasteiger partial charge in [-0.25, -0.2) is 0 Å². The molecule has 1 amide bonds. The van der Waals surface area contributed by atoms with Gasteiger partial charge in [-0.05, 0) is 12.8 Å². The molecule has 0 bridgehead atoms. The van der Waals surface area contributed by atoms with Crippen LogP contribution in [0.25, 0.3) is 0 Å². The smallest absolute Gasteiger partial charge is 0.222 e. The molecular weight excluding hydrogens is 524 g/mol. The molecule has 1 atom stereocenters. The van der Waals surface area contributed by atoms with Crippen LogP contribution in [0.3, 0.4) is 0 Å². The van der Waals surface area contributed by atoms with Gasteiger partial charge in [0.25, 0.3) is 0 Å². The number of hydrogen-bond acceptors (Lipinski definition) is 9. The molecular formula is C28H56N2O6S2. The average Bonchev–Trinajstić information content (AvgIpc) is 2.83. The second kappa shape index (κ2) is 23.4. The second-order valence-electron chi connectivity index (χ2n) is 10.8. The van der Waals surface area contributed by atoms with Gasteiger partial charge in [0.1, 0.15) is 4.93 Å². The molecule has 0 unspecified atom stereocenters. The van der Waals surface area contributed by atoms with E-state index in [-0.39, 0.29) is 15.6 Å². The van der Waals surface area contributed by atoms with Crippen LogP contribution in [0.1, 0.15) is 68.2 Å². The fraction of sp³-hybridized carbons (Fsp3) is 0.893. The van der Waals surface area contributed by atoms with E-state index < -0.39 is 0 Å². The van der Waals surface area contributed by atoms with Gasteiger partial charge in [-0.3, -0.25) is 4.79 Å². The van der Waals surface area contributed by atoms with E-state index >= 15 is 0 Å². The maximum atomic E-state index is 11.8. The number of rotatable bonds is 25. The minimum Gasteiger partial charge on any atom is -0.379 e. The highest BCUT2D eigenvalue weighted by Crippen LogP contribution is 2.45. The maximum Gasteiger partial charge on any atom is 0.222 e. The van der Waals surface area contributed by atoms with Crippen molar-refractivity contribution in [3.05, 3.63) is 12.2 Å². The standard InChI is InChI=1S/C28H56N2O6S2/c1-24(2)10-9-13-30-26(31)11-15-32-18-21-35-22-23-36-28(8,38-37-27(5,6)7)12-16-33-19-20-34-17-14-29-25(3)4/h9-10,24-25,29H,11-23H2,1-8H3,(H,30,31)/b10-9+/t28-/m0/s1. The van der Waals surface area contributed by atoms with Crippen LogP contribution in [0.5, 0.6) is 0 Å². The first-order valence-electron chi connectivity index (χ1n) is 13.9. The van der Waals surface area contributed by atoms with Crippen LogP contribution < -0.4 is 10.6 Å². The second-order valence-corrected chi connectivity index (χ2v) is 14.2. The molecule has 0 aliphatic heterocycles. The van der Waals surface area contributed by atoms with E-state index in [0.717, 1.165) is 13.0 Å². The molecule has 10 heteroatoms. The topological polar surface area (TPSA) is 87.3 Å². The third-order valence-electron chi connectivity index (χ3n) is 4.76. The highest BCUT2D eigenvalue weighted by molar-refractivity contribution is 8.77. The lowest BCUT2D eigenvalue weighted by molar-refractivity contribution is -0.122. The number of carbonyl (C=O) groups excluding carboxylic acids is 1. The first-order chi connectivity index (χ1) is 17.9. The Morgan fingerprint density at radius 2 is 1.37 bits per heavy atom. The van der Waals surface area contributed by atoms with Crippen LogP contribution >= 0.6 is 21.6 Å². The summed E-state index contributed by atoms with van der Waals surface area (Å²) >= 11 is 0. The molecule has 0 aliphatic carbocycles. The lowest BCUT2D eigenvalue weighted by atomic mass is 10.2. The summed E-state index contributed by atoms with van der Waals surface area (Å²) in [7, 11) is 3.56. The molecule has 38 heavy (non-hydrogen) atoms. The van der Waals surface area contributed by atoms with Crippen LogP contribution in [-0.4, -0.2) is 94.2 Å². The van der Waals surface area contributed by atoms with E-state index in [4.69, 9.17) is 23.7 Å². The van der Waals surface area contributed by atoms with Crippen LogP contribution in [0, 0.1) is 5.92 Å². The highest BCUT2D eigenvalue weighted by atomic mass is 33.1. The van der Waals surface area contributed by atoms with Crippen molar-refractivity contribution in [2.24, 2.45) is 5.92 Å². The van der Waals surface area contributed by atoms with Crippen molar-refractivity contribution in [3.8, 4) is 0 Å². The number of allylic oxidation sites excluding steroid dienone is 1. The van der Waals surface area contributed by atoms with Crippen molar-refractivity contribution in [1.29, 1.82) is 0 Å². The monoisotopic (exact) mass is 580 g/mol. The van der Waals surface area contributed by atoms with Gasteiger partial charge in [-0.15, -0.1) is 0 Å². The summed E-state index contributed by atoms with van der Waals surface area (Å²) in [6.07, 6.45) is 5.17. The highest BCUT2D eigenvalue weighted by Gasteiger charge is 2.29. The molecule has 0 rings (SSSR count). The maximum absolute atomic E-state index is 11.8. The van der Waals surface area contributed by atoms with Gasteiger partial charge in [0.05, 0.1) is 59.5 Å². The Balaban J connectivity index is 4.00. The van der Waals surface area contributed by atoms with Crippen molar-refractivity contribution in [1.82, 2.24) is 10.6 Å². The summed E-state index contributed by atoms with van der Waals surface area (Å²) in [6, 6.07) is 0.474. The van der Waals surface area contributed by atoms with Crippen molar-refractivity contribution < 1.29 is 28.5 Å². The van der Waals surface area contributed by atoms with Crippen LogP contribution in [0.4, 0.5) is 0 Å². The SMILES string of the molecule is CC(C)/C=C/CNC(=O)CCOCCOCCO[C@](C)(CCOCCOCCNC(C)C)SSC(C)(C)C. The molecule has 0 fully saturated rings. The largest absolute Gasteiger partial charge is 0.379 e. The van der Waals surface area contributed by atoms with Gasteiger partial charge >= 0.3 is 0 Å². The van der Waals surface area contributed by atoms with Crippen molar-refractivity contribution in [2.45, 2.75) is 84.0 Å². The van der Waals surface area contributed by atoms with Crippen molar-refractivity contribution in [2.75, 3.05) is 72.6 Å². The van der Waals surface area contributed by atoms with E-state index in [2.05, 4.69) is 72.1 Å². The molecule has 0 saturated carbocycles. The minimum atomic E-state index is -0.377. The van der Waals surface area contributed by atoms with E-state index in [1.165, 1.54) is 0 Å². The molecule has 8 nitrogen and oxygen atoms in total. The van der Waals surface area contributed by atoms with Gasteiger partial charge in [0, 0.05) is 36.7 Å². The summed E-state index contributed by atoms with van der Waals surface area (Å²) in [4.78, 5) is 11.4. The Kier molecular flexibility index (Phi) is 23.2. The normalized spacial score (nSPS) is 14.1. The fourth-order valence-electron chi connectivity index (χ4n) is 2.76. The fourth-order valence-corrected chi connectivity index (χ4v) is 5.15. The first kappa shape index (κ1) is 37.7. The third-order valence-corrected chi connectivity index (χ3v) is 8.82. The predicted octanol–water partition coefficient (Wildman–Crippen LogP) is 5.07. The summed E-state index contributed by atoms with van der Waals surface area (Å²) in [6.45, 7) is 23.3. The van der Waals surface area contributed by atoms with Crippen molar-refractivity contribution >= 4 is 27.5 Å². The molecule has 0 aromatic heterocycles. The van der Waals surface area contributed by atoms with Gasteiger partial charge in [-0.2, -0.15) is 0 Å². The Morgan fingerprint density at radius 3 is 1.97 bits per heavy atom. The molecule has 0 saturated heterocycles. The molecule has 0 heterocycles. The quantitative estimate of drug-likeness (QED) is 0.0665. The molecule has 0 spiro atoms. The Morgan fingerprint density at radius 1 is 0.789 bits per heavy atom. The lowest BCUT2D eigenvalue weighted by Crippen LogP contribution is -2.29. The Labute approximate surface area is 240 Å². The average molecular weight is 581 g/mol. The molecule has 0 aliphatic rings. The zero-order valence-electron chi connectivity index (χ0n) is 25.3. The minimum absolute atomic E-state index is 0.00641. The van der Waals surface area contributed by atoms with Gasteiger partial charge in [0.15, 0.2) is 0 Å². The molecule has 0 radical (unpaired) electrons. The zero-order chi connectivity index (χ0) is 28.7. The van der Waals surface area contributed by atoms with Gasteiger partial charge in [0.2, 0.25) is 5.91 Å². The number of amides is 1. The molecule has 226 valence electrons. The van der Waals surface area contributed by atoms with E-state index in [0.29, 0.717) is 84.4 Å². The van der Waals surface area contributed by atoms with Gasteiger partial charge < -0.3 is 34.3 Å². The zero-order valence-corrected chi connectivity index (χ0v) is 26.9.